The summed E-state index contributed by atoms with van der Waals surface area (Å²) >= 11 is 0. The quantitative estimate of drug-likeness (QED) is 0.174. The standard InChI is InChI=1S/C54H36N4O2/c1-54(2)43-25-14-23-37(35-28-29-45-40(30-35)41-31-42-38-22-12-13-27-47(38)59-48(42)32-46(41)58(45)36-20-10-5-11-21-36)49(43)60-50-39(24-15-26-44(50)54)53-56-51(33-16-6-3-7-17-33)55-52(57-53)34-18-8-4-9-19-34/h3-32H,1-2H3. The van der Waals surface area contributed by atoms with Crippen molar-refractivity contribution in [2.75, 3.05) is 0 Å². The summed E-state index contributed by atoms with van der Waals surface area (Å²) in [6, 6.07) is 63.1. The minimum Gasteiger partial charge on any atom is -0.456 e. The molecule has 0 saturated heterocycles. The van der Waals surface area contributed by atoms with Crippen LogP contribution in [0.5, 0.6) is 11.5 Å². The molecule has 3 aromatic heterocycles. The Morgan fingerprint density at radius 2 is 1.00 bits per heavy atom. The molecule has 0 N–H and O–H groups in total. The fourth-order valence-electron chi connectivity index (χ4n) is 9.12. The van der Waals surface area contributed by atoms with Crippen molar-refractivity contribution in [3.8, 4) is 62.5 Å². The molecule has 0 bridgehead atoms. The highest BCUT2D eigenvalue weighted by Crippen LogP contribution is 2.54. The van der Waals surface area contributed by atoms with E-state index in [2.05, 4.69) is 128 Å². The van der Waals surface area contributed by atoms with Crippen LogP contribution in [0.3, 0.4) is 0 Å². The van der Waals surface area contributed by atoms with Crippen LogP contribution in [0.15, 0.2) is 186 Å². The van der Waals surface area contributed by atoms with Crippen LogP contribution in [0.25, 0.3) is 94.7 Å². The molecule has 0 aliphatic carbocycles. The number of hydrogen-bond acceptors (Lipinski definition) is 5. The minimum absolute atomic E-state index is 0.395. The molecule has 6 heteroatoms. The summed E-state index contributed by atoms with van der Waals surface area (Å²) in [5.74, 6) is 3.36. The van der Waals surface area contributed by atoms with Crippen LogP contribution in [0.4, 0.5) is 0 Å². The summed E-state index contributed by atoms with van der Waals surface area (Å²) in [5, 5.41) is 4.52. The van der Waals surface area contributed by atoms with Crippen molar-refractivity contribution in [2.24, 2.45) is 0 Å². The van der Waals surface area contributed by atoms with Gasteiger partial charge in [0, 0.05) is 66.5 Å². The van der Waals surface area contributed by atoms with Crippen LogP contribution in [0.1, 0.15) is 25.0 Å². The SMILES string of the molecule is CC1(C)c2cccc(-c3ccc4c(c3)c3cc5c(cc3n4-c3ccccc3)oc3ccccc35)c2Oc2c(-c3nc(-c4ccccc4)nc(-c4ccccc4)n3)cccc21. The number of hydrogen-bond donors (Lipinski definition) is 0. The molecule has 284 valence electrons. The molecule has 4 heterocycles. The van der Waals surface area contributed by atoms with Crippen LogP contribution in [-0.2, 0) is 5.41 Å². The molecule has 6 nitrogen and oxygen atoms in total. The van der Waals surface area contributed by atoms with Crippen LogP contribution in [0, 0.1) is 0 Å². The van der Waals surface area contributed by atoms with Gasteiger partial charge in [0.05, 0.1) is 16.6 Å². The number of para-hydroxylation sites is 4. The van der Waals surface area contributed by atoms with Gasteiger partial charge in [0.25, 0.3) is 0 Å². The van der Waals surface area contributed by atoms with E-state index in [1.54, 1.807) is 0 Å². The molecule has 0 spiro atoms. The maximum atomic E-state index is 7.23. The molecule has 0 unspecified atom stereocenters. The lowest BCUT2D eigenvalue weighted by atomic mass is 9.74. The predicted octanol–water partition coefficient (Wildman–Crippen LogP) is 14.0. The molecule has 11 aromatic rings. The Kier molecular flexibility index (Phi) is 7.47. The second kappa shape index (κ2) is 13.1. The maximum Gasteiger partial charge on any atom is 0.167 e. The first kappa shape index (κ1) is 34.2. The van der Waals surface area contributed by atoms with E-state index in [1.165, 1.54) is 0 Å². The van der Waals surface area contributed by atoms with E-state index < -0.39 is 5.41 Å². The third kappa shape index (κ3) is 5.24. The normalized spacial score (nSPS) is 13.1. The van der Waals surface area contributed by atoms with E-state index in [0.717, 1.165) is 99.9 Å². The molecule has 0 atom stereocenters. The lowest BCUT2D eigenvalue weighted by Gasteiger charge is -2.36. The van der Waals surface area contributed by atoms with E-state index in [0.29, 0.717) is 17.5 Å². The van der Waals surface area contributed by atoms with Gasteiger partial charge in [-0.2, -0.15) is 0 Å². The Labute approximate surface area is 346 Å². The number of rotatable bonds is 5. The average Bonchev–Trinajstić information content (AvgIpc) is 3.83. The molecule has 0 amide bonds. The number of fused-ring (bicyclic) bond motifs is 8. The van der Waals surface area contributed by atoms with Gasteiger partial charge >= 0.3 is 0 Å². The van der Waals surface area contributed by atoms with Gasteiger partial charge in [0.2, 0.25) is 0 Å². The van der Waals surface area contributed by atoms with Crippen molar-refractivity contribution in [1.29, 1.82) is 0 Å². The van der Waals surface area contributed by atoms with Gasteiger partial charge in [-0.1, -0.05) is 147 Å². The van der Waals surface area contributed by atoms with Crippen LogP contribution < -0.4 is 4.74 Å². The van der Waals surface area contributed by atoms with Gasteiger partial charge in [0.15, 0.2) is 17.5 Å². The van der Waals surface area contributed by atoms with Gasteiger partial charge in [-0.15, -0.1) is 0 Å². The molecule has 60 heavy (non-hydrogen) atoms. The first-order valence-corrected chi connectivity index (χ1v) is 20.3. The van der Waals surface area contributed by atoms with Crippen molar-refractivity contribution in [1.82, 2.24) is 19.5 Å². The zero-order valence-electron chi connectivity index (χ0n) is 32.9. The van der Waals surface area contributed by atoms with Crippen molar-refractivity contribution >= 4 is 43.7 Å². The molecule has 1 aliphatic heterocycles. The third-order valence-corrected chi connectivity index (χ3v) is 12.1. The molecular formula is C54H36N4O2. The van der Waals surface area contributed by atoms with Crippen molar-refractivity contribution in [2.45, 2.75) is 19.3 Å². The topological polar surface area (TPSA) is 66.0 Å². The van der Waals surface area contributed by atoms with Crippen LogP contribution in [0.2, 0.25) is 0 Å². The second-order valence-electron chi connectivity index (χ2n) is 16.0. The van der Waals surface area contributed by atoms with E-state index in [4.69, 9.17) is 24.1 Å². The number of benzene rings is 8. The van der Waals surface area contributed by atoms with Gasteiger partial charge in [-0.25, -0.2) is 15.0 Å². The smallest absolute Gasteiger partial charge is 0.167 e. The summed E-state index contributed by atoms with van der Waals surface area (Å²) in [4.78, 5) is 15.2. The Balaban J connectivity index is 1.05. The van der Waals surface area contributed by atoms with Gasteiger partial charge in [-0.3, -0.25) is 0 Å². The summed E-state index contributed by atoms with van der Waals surface area (Å²) in [6.07, 6.45) is 0. The van der Waals surface area contributed by atoms with Crippen molar-refractivity contribution in [3.05, 3.63) is 193 Å². The first-order chi connectivity index (χ1) is 29.5. The molecule has 1 aliphatic rings. The Hall–Kier alpha value is -7.83. The van der Waals surface area contributed by atoms with E-state index in [-0.39, 0.29) is 0 Å². The maximum absolute atomic E-state index is 7.23. The molecule has 8 aromatic carbocycles. The number of ether oxygens (including phenoxy) is 1. The lowest BCUT2D eigenvalue weighted by Crippen LogP contribution is -2.25. The molecule has 12 rings (SSSR count). The van der Waals surface area contributed by atoms with Crippen LogP contribution >= 0.6 is 0 Å². The summed E-state index contributed by atoms with van der Waals surface area (Å²) in [6.45, 7) is 4.55. The Morgan fingerprint density at radius 3 is 1.70 bits per heavy atom. The highest BCUT2D eigenvalue weighted by Gasteiger charge is 2.37. The second-order valence-corrected chi connectivity index (χ2v) is 16.0. The highest BCUT2D eigenvalue weighted by atomic mass is 16.5. The van der Waals surface area contributed by atoms with Crippen LogP contribution in [-0.4, -0.2) is 19.5 Å². The average molecular weight is 773 g/mol. The van der Waals surface area contributed by atoms with Gasteiger partial charge in [-0.05, 0) is 48.0 Å². The third-order valence-electron chi connectivity index (χ3n) is 12.1. The van der Waals surface area contributed by atoms with E-state index >= 15 is 0 Å². The summed E-state index contributed by atoms with van der Waals surface area (Å²) in [5.41, 5.74) is 11.6. The molecule has 0 saturated carbocycles. The first-order valence-electron chi connectivity index (χ1n) is 20.3. The molecular weight excluding hydrogens is 737 g/mol. The van der Waals surface area contributed by atoms with Gasteiger partial charge < -0.3 is 13.7 Å². The zero-order chi connectivity index (χ0) is 40.0. The minimum atomic E-state index is -0.395. The fraction of sp³-hybridized carbons (Fsp3) is 0.0556. The van der Waals surface area contributed by atoms with E-state index in [1.807, 2.05) is 72.8 Å². The van der Waals surface area contributed by atoms with E-state index in [9.17, 15) is 0 Å². The molecule has 0 radical (unpaired) electrons. The monoisotopic (exact) mass is 772 g/mol. The largest absolute Gasteiger partial charge is 0.456 e. The van der Waals surface area contributed by atoms with Crippen molar-refractivity contribution in [3.63, 3.8) is 0 Å². The number of furan rings is 1. The Morgan fingerprint density at radius 1 is 0.417 bits per heavy atom. The van der Waals surface area contributed by atoms with Gasteiger partial charge in [0.1, 0.15) is 22.7 Å². The number of nitrogens with zero attached hydrogens (tertiary/aromatic N) is 4. The lowest BCUT2D eigenvalue weighted by molar-refractivity contribution is 0.421. The summed E-state index contributed by atoms with van der Waals surface area (Å²) < 4.78 is 16.0. The van der Waals surface area contributed by atoms with Crippen molar-refractivity contribution < 1.29 is 9.15 Å². The zero-order valence-corrected chi connectivity index (χ0v) is 32.9. The fourth-order valence-corrected chi connectivity index (χ4v) is 9.12. The predicted molar refractivity (Wildman–Crippen MR) is 242 cm³/mol. The number of aromatic nitrogens is 4. The summed E-state index contributed by atoms with van der Waals surface area (Å²) in [7, 11) is 0. The Bertz CT molecular complexity index is 3420. The molecule has 0 fully saturated rings. The highest BCUT2D eigenvalue weighted by molar-refractivity contribution is 6.18.